The molecule has 136 valence electrons. The number of likely N-dealkylation sites (tertiary alicyclic amines) is 1. The molecule has 24 heavy (non-hydrogen) atoms. The topological polar surface area (TPSA) is 69.6 Å². The molecule has 0 bridgehead atoms. The average molecular weight is 336 g/mol. The van der Waals surface area contributed by atoms with Crippen molar-refractivity contribution in [3.63, 3.8) is 0 Å². The quantitative estimate of drug-likeness (QED) is 0.501. The number of piperidine rings is 1. The number of nitrogens with zero attached hydrogens (tertiary/aromatic N) is 1. The van der Waals surface area contributed by atoms with Crippen LogP contribution in [0.2, 0.25) is 0 Å². The minimum atomic E-state index is -1.05. The summed E-state index contributed by atoms with van der Waals surface area (Å²) in [6.07, 6.45) is 10.4. The third-order valence-corrected chi connectivity index (χ3v) is 5.29. The largest absolute Gasteiger partial charge is 0.477 e. The van der Waals surface area contributed by atoms with Gasteiger partial charge in [-0.2, -0.15) is 0 Å². The van der Waals surface area contributed by atoms with E-state index >= 15 is 0 Å². The van der Waals surface area contributed by atoms with Crippen molar-refractivity contribution in [2.24, 2.45) is 11.3 Å². The highest BCUT2D eigenvalue weighted by atomic mass is 16.4. The normalized spacial score (nSPS) is 23.8. The minimum Gasteiger partial charge on any atom is -0.477 e. The SMILES string of the molecule is CC1(C)CC1C(=O)N/C(=C/CCCCCN1CCCCC1)C(=O)O. The van der Waals surface area contributed by atoms with E-state index in [1.54, 1.807) is 6.08 Å². The Bertz CT molecular complexity index is 479. The van der Waals surface area contributed by atoms with Crippen LogP contribution in [0.4, 0.5) is 0 Å². The van der Waals surface area contributed by atoms with Crippen molar-refractivity contribution in [3.8, 4) is 0 Å². The second-order valence-electron chi connectivity index (χ2n) is 7.91. The van der Waals surface area contributed by atoms with Crippen LogP contribution in [0.3, 0.4) is 0 Å². The molecule has 2 aliphatic rings. The highest BCUT2D eigenvalue weighted by Crippen LogP contribution is 2.51. The van der Waals surface area contributed by atoms with Crippen LogP contribution >= 0.6 is 0 Å². The average Bonchev–Trinajstić information content (AvgIpc) is 3.19. The fraction of sp³-hybridized carbons (Fsp3) is 0.789. The molecule has 0 aromatic carbocycles. The molecule has 2 N–H and O–H groups in total. The Morgan fingerprint density at radius 1 is 1.17 bits per heavy atom. The Morgan fingerprint density at radius 2 is 1.83 bits per heavy atom. The van der Waals surface area contributed by atoms with Crippen molar-refractivity contribution in [3.05, 3.63) is 11.8 Å². The van der Waals surface area contributed by atoms with Gasteiger partial charge in [-0.3, -0.25) is 4.79 Å². The first-order chi connectivity index (χ1) is 11.4. The highest BCUT2D eigenvalue weighted by Gasteiger charge is 2.50. The van der Waals surface area contributed by atoms with E-state index in [9.17, 15) is 14.7 Å². The van der Waals surface area contributed by atoms with Crippen molar-refractivity contribution in [1.82, 2.24) is 10.2 Å². The number of carbonyl (C=O) groups is 2. The van der Waals surface area contributed by atoms with Gasteiger partial charge in [0.1, 0.15) is 5.70 Å². The van der Waals surface area contributed by atoms with E-state index in [0.29, 0.717) is 6.42 Å². The molecule has 2 fully saturated rings. The molecule has 1 saturated heterocycles. The standard InChI is InChI=1S/C19H32N2O3/c1-19(2)14-15(19)17(22)20-16(18(23)24)10-6-3-4-7-11-21-12-8-5-9-13-21/h10,15H,3-9,11-14H2,1-2H3,(H,20,22)(H,23,24)/b16-10+. The van der Waals surface area contributed by atoms with Crippen LogP contribution in [0.25, 0.3) is 0 Å². The summed E-state index contributed by atoms with van der Waals surface area (Å²) in [7, 11) is 0. The fourth-order valence-corrected chi connectivity index (χ4v) is 3.41. The van der Waals surface area contributed by atoms with Crippen LogP contribution in [-0.2, 0) is 9.59 Å². The predicted molar refractivity (Wildman–Crippen MR) is 94.5 cm³/mol. The van der Waals surface area contributed by atoms with Gasteiger partial charge in [0.2, 0.25) is 5.91 Å². The zero-order valence-corrected chi connectivity index (χ0v) is 15.1. The molecule has 2 rings (SSSR count). The molecule has 1 amide bonds. The van der Waals surface area contributed by atoms with E-state index in [2.05, 4.69) is 10.2 Å². The summed E-state index contributed by atoms with van der Waals surface area (Å²) in [6, 6.07) is 0. The molecule has 5 nitrogen and oxygen atoms in total. The zero-order valence-electron chi connectivity index (χ0n) is 15.1. The zero-order chi connectivity index (χ0) is 17.6. The molecule has 1 atom stereocenters. The van der Waals surface area contributed by atoms with Crippen molar-refractivity contribution in [1.29, 1.82) is 0 Å². The summed E-state index contributed by atoms with van der Waals surface area (Å²) in [5, 5.41) is 11.8. The van der Waals surface area contributed by atoms with Crippen LogP contribution in [-0.4, -0.2) is 41.5 Å². The number of amides is 1. The molecule has 1 heterocycles. The number of nitrogens with one attached hydrogen (secondary N) is 1. The monoisotopic (exact) mass is 336 g/mol. The molecule has 1 aliphatic heterocycles. The van der Waals surface area contributed by atoms with Gasteiger partial charge in [-0.25, -0.2) is 4.79 Å². The number of carboxylic acid groups (broad SMARTS) is 1. The van der Waals surface area contributed by atoms with Gasteiger partial charge in [0.15, 0.2) is 0 Å². The molecule has 1 unspecified atom stereocenters. The number of hydrogen-bond donors (Lipinski definition) is 2. The van der Waals surface area contributed by atoms with Crippen LogP contribution in [0.5, 0.6) is 0 Å². The first kappa shape index (κ1) is 19.0. The van der Waals surface area contributed by atoms with Crippen molar-refractivity contribution in [2.75, 3.05) is 19.6 Å². The second kappa shape index (κ2) is 8.65. The lowest BCUT2D eigenvalue weighted by Crippen LogP contribution is -2.30. The van der Waals surface area contributed by atoms with Crippen LogP contribution in [0.1, 0.15) is 65.2 Å². The molecule has 5 heteroatoms. The van der Waals surface area contributed by atoms with Crippen molar-refractivity contribution in [2.45, 2.75) is 65.2 Å². The number of carboxylic acids is 1. The first-order valence-electron chi connectivity index (χ1n) is 9.37. The number of rotatable bonds is 9. The van der Waals surface area contributed by atoms with Gasteiger partial charge in [0.25, 0.3) is 0 Å². The summed E-state index contributed by atoms with van der Waals surface area (Å²) >= 11 is 0. The van der Waals surface area contributed by atoms with Crippen LogP contribution in [0, 0.1) is 11.3 Å². The number of unbranched alkanes of at least 4 members (excludes halogenated alkanes) is 3. The Balaban J connectivity index is 1.64. The Hall–Kier alpha value is -1.36. The number of hydrogen-bond acceptors (Lipinski definition) is 3. The van der Waals surface area contributed by atoms with Crippen LogP contribution < -0.4 is 5.32 Å². The molecule has 0 aromatic heterocycles. The Labute approximate surface area is 145 Å². The van der Waals surface area contributed by atoms with Gasteiger partial charge < -0.3 is 15.3 Å². The third-order valence-electron chi connectivity index (χ3n) is 5.29. The lowest BCUT2D eigenvalue weighted by atomic mass is 10.1. The number of carbonyl (C=O) groups excluding carboxylic acids is 1. The smallest absolute Gasteiger partial charge is 0.352 e. The molecule has 0 aromatic rings. The molecule has 0 radical (unpaired) electrons. The summed E-state index contributed by atoms with van der Waals surface area (Å²) in [6.45, 7) is 7.68. The first-order valence-corrected chi connectivity index (χ1v) is 9.37. The number of allylic oxidation sites excluding steroid dienone is 1. The molecular formula is C19H32N2O3. The lowest BCUT2D eigenvalue weighted by molar-refractivity contribution is -0.135. The summed E-state index contributed by atoms with van der Waals surface area (Å²) in [5.41, 5.74) is 0.0565. The van der Waals surface area contributed by atoms with E-state index in [-0.39, 0.29) is 22.9 Å². The molecule has 1 saturated carbocycles. The van der Waals surface area contributed by atoms with Crippen molar-refractivity contribution < 1.29 is 14.7 Å². The van der Waals surface area contributed by atoms with Gasteiger partial charge in [-0.15, -0.1) is 0 Å². The maximum atomic E-state index is 12.0. The van der Waals surface area contributed by atoms with E-state index in [1.165, 1.54) is 38.8 Å². The van der Waals surface area contributed by atoms with Gasteiger partial charge in [-0.1, -0.05) is 32.8 Å². The second-order valence-corrected chi connectivity index (χ2v) is 7.91. The lowest BCUT2D eigenvalue weighted by Gasteiger charge is -2.26. The summed E-state index contributed by atoms with van der Waals surface area (Å²) in [5.74, 6) is -1.25. The van der Waals surface area contributed by atoms with Gasteiger partial charge in [-0.05, 0) is 63.6 Å². The van der Waals surface area contributed by atoms with Crippen LogP contribution in [0.15, 0.2) is 11.8 Å². The maximum absolute atomic E-state index is 12.0. The molecular weight excluding hydrogens is 304 g/mol. The van der Waals surface area contributed by atoms with Gasteiger partial charge in [0, 0.05) is 5.92 Å². The molecule has 1 aliphatic carbocycles. The Morgan fingerprint density at radius 3 is 2.42 bits per heavy atom. The van der Waals surface area contributed by atoms with Gasteiger partial charge >= 0.3 is 5.97 Å². The van der Waals surface area contributed by atoms with E-state index in [0.717, 1.165) is 25.8 Å². The van der Waals surface area contributed by atoms with E-state index in [4.69, 9.17) is 0 Å². The summed E-state index contributed by atoms with van der Waals surface area (Å²) < 4.78 is 0. The predicted octanol–water partition coefficient (Wildman–Crippen LogP) is 3.16. The summed E-state index contributed by atoms with van der Waals surface area (Å²) in [4.78, 5) is 25.8. The molecule has 0 spiro atoms. The van der Waals surface area contributed by atoms with Gasteiger partial charge in [0.05, 0.1) is 0 Å². The fourth-order valence-electron chi connectivity index (χ4n) is 3.41. The minimum absolute atomic E-state index is 0.0160. The number of aliphatic carboxylic acids is 1. The highest BCUT2D eigenvalue weighted by molar-refractivity contribution is 5.94. The van der Waals surface area contributed by atoms with Crippen molar-refractivity contribution >= 4 is 11.9 Å². The van der Waals surface area contributed by atoms with E-state index < -0.39 is 5.97 Å². The third kappa shape index (κ3) is 5.93. The van der Waals surface area contributed by atoms with E-state index in [1.807, 2.05) is 13.8 Å². The Kier molecular flexibility index (Phi) is 6.84. The maximum Gasteiger partial charge on any atom is 0.352 e.